The normalized spacial score (nSPS) is 11.0. The lowest BCUT2D eigenvalue weighted by molar-refractivity contribution is 0.102. The molecule has 0 saturated heterocycles. The number of amides is 1. The van der Waals surface area contributed by atoms with Crippen LogP contribution in [-0.2, 0) is 6.54 Å². The Morgan fingerprint density at radius 3 is 2.75 bits per heavy atom. The molecule has 2 heterocycles. The van der Waals surface area contributed by atoms with Gasteiger partial charge in [-0.15, -0.1) is 11.3 Å². The zero-order chi connectivity index (χ0) is 17.1. The van der Waals surface area contributed by atoms with Gasteiger partial charge in [0.15, 0.2) is 10.8 Å². The van der Waals surface area contributed by atoms with E-state index in [2.05, 4.69) is 15.2 Å². The lowest BCUT2D eigenvalue weighted by Gasteiger charge is -2.14. The summed E-state index contributed by atoms with van der Waals surface area (Å²) < 4.78 is 5.36. The highest BCUT2D eigenvalue weighted by Crippen LogP contribution is 2.28. The van der Waals surface area contributed by atoms with Crippen molar-refractivity contribution < 1.29 is 9.21 Å². The maximum absolute atomic E-state index is 12.6. The maximum atomic E-state index is 12.6. The molecule has 1 amide bonds. The smallest absolute Gasteiger partial charge is 0.275 e. The van der Waals surface area contributed by atoms with Gasteiger partial charge in [0, 0.05) is 17.1 Å². The van der Waals surface area contributed by atoms with Gasteiger partial charge in [0.2, 0.25) is 0 Å². The number of anilines is 1. The van der Waals surface area contributed by atoms with Crippen molar-refractivity contribution in [2.45, 2.75) is 13.5 Å². The van der Waals surface area contributed by atoms with Crippen LogP contribution in [0.3, 0.4) is 0 Å². The predicted molar refractivity (Wildman–Crippen MR) is 96.3 cm³/mol. The summed E-state index contributed by atoms with van der Waals surface area (Å²) >= 11 is 1.45. The van der Waals surface area contributed by atoms with Crippen LogP contribution in [0.2, 0.25) is 0 Å². The molecule has 0 fully saturated rings. The predicted octanol–water partition coefficient (Wildman–Crippen LogP) is 4.03. The van der Waals surface area contributed by atoms with Gasteiger partial charge in [-0.25, -0.2) is 4.98 Å². The number of hydrogen-bond donors (Lipinski definition) is 1. The highest BCUT2D eigenvalue weighted by Gasteiger charge is 2.18. The Hall–Kier alpha value is -2.44. The second-order valence-electron chi connectivity index (χ2n) is 5.75. The molecule has 0 aliphatic rings. The summed E-state index contributed by atoms with van der Waals surface area (Å²) in [6, 6.07) is 11.5. The molecule has 0 saturated carbocycles. The topological polar surface area (TPSA) is 58.4 Å². The van der Waals surface area contributed by atoms with E-state index in [0.29, 0.717) is 16.5 Å². The molecule has 0 spiro atoms. The molecule has 3 rings (SSSR count). The van der Waals surface area contributed by atoms with Crippen molar-refractivity contribution in [2.24, 2.45) is 0 Å². The van der Waals surface area contributed by atoms with E-state index in [1.807, 2.05) is 57.4 Å². The minimum Gasteiger partial charge on any atom is -0.462 e. The highest BCUT2D eigenvalue weighted by atomic mass is 32.1. The summed E-state index contributed by atoms with van der Waals surface area (Å²) in [6.45, 7) is 2.65. The lowest BCUT2D eigenvalue weighted by Crippen LogP contribution is -2.17. The van der Waals surface area contributed by atoms with E-state index in [-0.39, 0.29) is 5.91 Å². The van der Waals surface area contributed by atoms with Crippen molar-refractivity contribution in [3.63, 3.8) is 0 Å². The molecule has 0 aliphatic heterocycles. The van der Waals surface area contributed by atoms with Gasteiger partial charge in [0.05, 0.1) is 6.26 Å². The first-order chi connectivity index (χ1) is 11.5. The number of thiazole rings is 1. The number of nitrogens with one attached hydrogen (secondary N) is 1. The second kappa shape index (κ2) is 6.98. The van der Waals surface area contributed by atoms with Crippen molar-refractivity contribution in [1.82, 2.24) is 9.88 Å². The van der Waals surface area contributed by atoms with Gasteiger partial charge in [0.25, 0.3) is 5.91 Å². The van der Waals surface area contributed by atoms with Gasteiger partial charge < -0.3 is 14.6 Å². The van der Waals surface area contributed by atoms with Crippen LogP contribution in [0.4, 0.5) is 5.69 Å². The molecule has 1 aromatic carbocycles. The van der Waals surface area contributed by atoms with E-state index in [9.17, 15) is 4.79 Å². The monoisotopic (exact) mass is 341 g/mol. The van der Waals surface area contributed by atoms with Gasteiger partial charge in [-0.1, -0.05) is 18.2 Å². The number of rotatable bonds is 5. The fraction of sp³-hybridized carbons (Fsp3) is 0.222. The van der Waals surface area contributed by atoms with Crippen molar-refractivity contribution in [3.05, 3.63) is 58.8 Å². The van der Waals surface area contributed by atoms with Crippen LogP contribution in [0.5, 0.6) is 0 Å². The van der Waals surface area contributed by atoms with Crippen LogP contribution in [0.25, 0.3) is 10.8 Å². The molecule has 0 atom stereocenters. The van der Waals surface area contributed by atoms with Gasteiger partial charge in [-0.05, 0) is 44.8 Å². The highest BCUT2D eigenvalue weighted by molar-refractivity contribution is 7.15. The minimum absolute atomic E-state index is 0.201. The van der Waals surface area contributed by atoms with Crippen LogP contribution < -0.4 is 5.32 Å². The number of carbonyl (C=O) groups is 1. The third-order valence-corrected chi connectivity index (χ3v) is 4.48. The number of nitrogens with zero attached hydrogens (tertiary/aromatic N) is 2. The van der Waals surface area contributed by atoms with E-state index < -0.39 is 0 Å². The summed E-state index contributed by atoms with van der Waals surface area (Å²) in [5.41, 5.74) is 2.31. The maximum Gasteiger partial charge on any atom is 0.275 e. The van der Waals surface area contributed by atoms with Gasteiger partial charge in [-0.2, -0.15) is 0 Å². The molecule has 3 aromatic rings. The zero-order valence-electron chi connectivity index (χ0n) is 13.9. The molecular formula is C18H19N3O2S. The van der Waals surface area contributed by atoms with Gasteiger partial charge in [0.1, 0.15) is 5.69 Å². The summed E-state index contributed by atoms with van der Waals surface area (Å²) in [6.07, 6.45) is 1.60. The molecule has 1 N–H and O–H groups in total. The minimum atomic E-state index is -0.201. The van der Waals surface area contributed by atoms with E-state index in [0.717, 1.165) is 22.7 Å². The molecule has 124 valence electrons. The summed E-state index contributed by atoms with van der Waals surface area (Å²) in [7, 11) is 4.00. The third kappa shape index (κ3) is 3.55. The van der Waals surface area contributed by atoms with Crippen molar-refractivity contribution >= 4 is 22.9 Å². The van der Waals surface area contributed by atoms with Crippen LogP contribution in [0.1, 0.15) is 20.9 Å². The van der Waals surface area contributed by atoms with Gasteiger partial charge >= 0.3 is 0 Å². The van der Waals surface area contributed by atoms with Crippen molar-refractivity contribution in [3.8, 4) is 10.8 Å². The molecule has 0 bridgehead atoms. The molecule has 24 heavy (non-hydrogen) atoms. The molecule has 0 unspecified atom stereocenters. The number of aryl methyl sites for hydroxylation is 1. The summed E-state index contributed by atoms with van der Waals surface area (Å²) in [5.74, 6) is 0.475. The second-order valence-corrected chi connectivity index (χ2v) is 6.95. The van der Waals surface area contributed by atoms with Crippen LogP contribution in [-0.4, -0.2) is 29.9 Å². The zero-order valence-corrected chi connectivity index (χ0v) is 14.7. The Kier molecular flexibility index (Phi) is 4.78. The fourth-order valence-electron chi connectivity index (χ4n) is 2.42. The molecule has 2 aromatic heterocycles. The van der Waals surface area contributed by atoms with Crippen LogP contribution >= 0.6 is 11.3 Å². The first-order valence-electron chi connectivity index (χ1n) is 7.60. The van der Waals surface area contributed by atoms with Crippen LogP contribution in [0, 0.1) is 6.92 Å². The van der Waals surface area contributed by atoms with E-state index in [1.165, 1.54) is 11.3 Å². The summed E-state index contributed by atoms with van der Waals surface area (Å²) in [5, 5.41) is 3.69. The average molecular weight is 341 g/mol. The molecular weight excluding hydrogens is 322 g/mol. The number of furan rings is 1. The molecule has 5 nitrogen and oxygen atoms in total. The number of carbonyl (C=O) groups excluding carboxylic acids is 1. The quantitative estimate of drug-likeness (QED) is 0.761. The Morgan fingerprint density at radius 2 is 2.04 bits per heavy atom. The SMILES string of the molecule is Cc1sc(-c2ccco2)nc1C(=O)Nc1ccccc1CN(C)C. The molecule has 0 radical (unpaired) electrons. The molecule has 6 heteroatoms. The standard InChI is InChI=1S/C18H19N3O2S/c1-12-16(20-18(24-12)15-9-6-10-23-15)17(22)19-14-8-5-4-7-13(14)11-21(2)3/h4-10H,11H2,1-3H3,(H,19,22). The average Bonchev–Trinajstić information content (AvgIpc) is 3.18. The number of para-hydroxylation sites is 1. The Morgan fingerprint density at radius 1 is 1.25 bits per heavy atom. The lowest BCUT2D eigenvalue weighted by atomic mass is 10.1. The fourth-order valence-corrected chi connectivity index (χ4v) is 3.29. The van der Waals surface area contributed by atoms with Crippen molar-refractivity contribution in [1.29, 1.82) is 0 Å². The first-order valence-corrected chi connectivity index (χ1v) is 8.41. The molecule has 0 aliphatic carbocycles. The first kappa shape index (κ1) is 16.4. The summed E-state index contributed by atoms with van der Waals surface area (Å²) in [4.78, 5) is 20.0. The van der Waals surface area contributed by atoms with Crippen molar-refractivity contribution in [2.75, 3.05) is 19.4 Å². The Labute approximate surface area is 144 Å². The number of benzene rings is 1. The third-order valence-electron chi connectivity index (χ3n) is 3.50. The number of hydrogen-bond acceptors (Lipinski definition) is 5. The van der Waals surface area contributed by atoms with E-state index in [1.54, 1.807) is 6.26 Å². The largest absolute Gasteiger partial charge is 0.462 e. The van der Waals surface area contributed by atoms with E-state index >= 15 is 0 Å². The van der Waals surface area contributed by atoms with Crippen LogP contribution in [0.15, 0.2) is 47.1 Å². The number of aromatic nitrogens is 1. The Balaban J connectivity index is 1.84. The van der Waals surface area contributed by atoms with E-state index in [4.69, 9.17) is 4.42 Å². The van der Waals surface area contributed by atoms with Gasteiger partial charge in [-0.3, -0.25) is 4.79 Å². The Bertz CT molecular complexity index is 838.